The number of hydrogen-bond donors (Lipinski definition) is 0. The van der Waals surface area contributed by atoms with E-state index < -0.39 is 0 Å². The van der Waals surface area contributed by atoms with Crippen LogP contribution < -0.4 is 4.90 Å². The van der Waals surface area contributed by atoms with Gasteiger partial charge in [-0.3, -0.25) is 4.99 Å². The summed E-state index contributed by atoms with van der Waals surface area (Å²) < 4.78 is 6.64. The van der Waals surface area contributed by atoms with Crippen LogP contribution in [0.1, 0.15) is 16.7 Å². The number of anilines is 3. The van der Waals surface area contributed by atoms with E-state index in [1.807, 2.05) is 60.7 Å². The minimum absolute atomic E-state index is 0.418. The molecule has 9 rings (SSSR count). The van der Waals surface area contributed by atoms with Crippen molar-refractivity contribution in [1.29, 1.82) is 0 Å². The highest BCUT2D eigenvalue weighted by Gasteiger charge is 2.19. The summed E-state index contributed by atoms with van der Waals surface area (Å²) in [6.45, 7) is 4.20. The van der Waals surface area contributed by atoms with Crippen LogP contribution in [0.15, 0.2) is 201 Å². The standard InChI is InChI=1S/C48H34N4O/c1-49-47(36-16-4-2-5-17-36)51-48(37-18-6-3-7-19-37)50-32-33-26-28-41-42-29-27-38(31-46(42)53-45(41)30-33)52(43-24-12-20-34-14-8-10-22-39(34)43)44-25-13-21-35-15-9-11-23-40(35)44/h2-31H,1,32H2. The molecule has 0 fully saturated rings. The van der Waals surface area contributed by atoms with Crippen molar-refractivity contribution in [2.45, 2.75) is 6.54 Å². The third-order valence-corrected chi connectivity index (χ3v) is 9.63. The van der Waals surface area contributed by atoms with Gasteiger partial charge in [-0.25, -0.2) is 9.98 Å². The van der Waals surface area contributed by atoms with Gasteiger partial charge in [-0.05, 0) is 53.4 Å². The topological polar surface area (TPSA) is 53.5 Å². The van der Waals surface area contributed by atoms with E-state index in [1.54, 1.807) is 0 Å². The van der Waals surface area contributed by atoms with Crippen LogP contribution in [0.25, 0.3) is 43.5 Å². The third kappa shape index (κ3) is 6.15. The van der Waals surface area contributed by atoms with Crippen molar-refractivity contribution in [3.8, 4) is 0 Å². The summed E-state index contributed by atoms with van der Waals surface area (Å²) >= 11 is 0. The molecule has 53 heavy (non-hydrogen) atoms. The monoisotopic (exact) mass is 682 g/mol. The van der Waals surface area contributed by atoms with Crippen LogP contribution in [0.3, 0.4) is 0 Å². The number of fused-ring (bicyclic) bond motifs is 5. The summed E-state index contributed by atoms with van der Waals surface area (Å²) in [4.78, 5) is 16.4. The number of nitrogens with zero attached hydrogens (tertiary/aromatic N) is 4. The van der Waals surface area contributed by atoms with Gasteiger partial charge in [0.15, 0.2) is 11.7 Å². The molecule has 5 heteroatoms. The van der Waals surface area contributed by atoms with Crippen LogP contribution in [0.5, 0.6) is 0 Å². The fourth-order valence-electron chi connectivity index (χ4n) is 7.09. The van der Waals surface area contributed by atoms with Crippen LogP contribution in [0.4, 0.5) is 17.1 Å². The number of amidine groups is 2. The van der Waals surface area contributed by atoms with Gasteiger partial charge in [0.25, 0.3) is 0 Å². The number of hydrogen-bond acceptors (Lipinski definition) is 3. The molecule has 5 nitrogen and oxygen atoms in total. The van der Waals surface area contributed by atoms with Crippen molar-refractivity contribution in [2.24, 2.45) is 15.0 Å². The molecule has 0 atom stereocenters. The van der Waals surface area contributed by atoms with Gasteiger partial charge >= 0.3 is 0 Å². The van der Waals surface area contributed by atoms with Gasteiger partial charge in [0, 0.05) is 44.4 Å². The number of rotatable bonds is 7. The van der Waals surface area contributed by atoms with Gasteiger partial charge in [-0.1, -0.05) is 146 Å². The van der Waals surface area contributed by atoms with E-state index in [0.717, 1.165) is 55.7 Å². The van der Waals surface area contributed by atoms with Gasteiger partial charge in [-0.2, -0.15) is 0 Å². The number of benzene rings is 8. The molecule has 1 heterocycles. The summed E-state index contributed by atoms with van der Waals surface area (Å²) in [7, 11) is 0. The Morgan fingerprint density at radius 3 is 1.64 bits per heavy atom. The molecular weight excluding hydrogens is 649 g/mol. The Bertz CT molecular complexity index is 2750. The smallest absolute Gasteiger partial charge is 0.161 e. The lowest BCUT2D eigenvalue weighted by molar-refractivity contribution is 0.668. The summed E-state index contributed by atoms with van der Waals surface area (Å²) in [5.41, 5.74) is 7.67. The molecule has 8 aromatic carbocycles. The normalized spacial score (nSPS) is 12.2. The van der Waals surface area contributed by atoms with Crippen LogP contribution in [-0.4, -0.2) is 18.4 Å². The van der Waals surface area contributed by atoms with E-state index in [2.05, 4.69) is 138 Å². The molecule has 0 radical (unpaired) electrons. The van der Waals surface area contributed by atoms with Crippen molar-refractivity contribution in [3.05, 3.63) is 199 Å². The van der Waals surface area contributed by atoms with Crippen molar-refractivity contribution in [2.75, 3.05) is 4.90 Å². The minimum atomic E-state index is 0.418. The van der Waals surface area contributed by atoms with E-state index in [9.17, 15) is 0 Å². The van der Waals surface area contributed by atoms with Gasteiger partial charge in [-0.15, -0.1) is 0 Å². The second-order valence-corrected chi connectivity index (χ2v) is 12.9. The molecule has 0 unspecified atom stereocenters. The Morgan fingerprint density at radius 2 is 1.02 bits per heavy atom. The lowest BCUT2D eigenvalue weighted by atomic mass is 10.0. The highest BCUT2D eigenvalue weighted by Crippen LogP contribution is 2.43. The predicted molar refractivity (Wildman–Crippen MR) is 223 cm³/mol. The van der Waals surface area contributed by atoms with Crippen molar-refractivity contribution >= 4 is 78.9 Å². The van der Waals surface area contributed by atoms with Crippen LogP contribution in [0.2, 0.25) is 0 Å². The molecule has 0 N–H and O–H groups in total. The van der Waals surface area contributed by atoms with E-state index >= 15 is 0 Å². The molecule has 1 aromatic heterocycles. The first kappa shape index (κ1) is 31.8. The van der Waals surface area contributed by atoms with Gasteiger partial charge in [0.1, 0.15) is 11.2 Å². The highest BCUT2D eigenvalue weighted by atomic mass is 16.3. The summed E-state index contributed by atoms with van der Waals surface area (Å²) in [6, 6.07) is 62.7. The van der Waals surface area contributed by atoms with E-state index in [-0.39, 0.29) is 0 Å². The van der Waals surface area contributed by atoms with E-state index in [1.165, 1.54) is 21.5 Å². The third-order valence-electron chi connectivity index (χ3n) is 9.63. The van der Waals surface area contributed by atoms with Crippen molar-refractivity contribution in [3.63, 3.8) is 0 Å². The summed E-state index contributed by atoms with van der Waals surface area (Å²) in [5, 5.41) is 6.86. The average Bonchev–Trinajstić information content (AvgIpc) is 3.59. The Balaban J connectivity index is 1.13. The zero-order valence-corrected chi connectivity index (χ0v) is 28.9. The molecule has 9 aromatic rings. The molecular formula is C48H34N4O. The Kier molecular flexibility index (Phi) is 8.35. The Labute approximate surface area is 307 Å². The fraction of sp³-hybridized carbons (Fsp3) is 0.0208. The number of aliphatic imine (C=N–C) groups is 3. The second kappa shape index (κ2) is 13.9. The average molecular weight is 683 g/mol. The first-order valence-corrected chi connectivity index (χ1v) is 17.6. The lowest BCUT2D eigenvalue weighted by Gasteiger charge is -2.28. The Hall–Kier alpha value is -7.11. The second-order valence-electron chi connectivity index (χ2n) is 12.9. The van der Waals surface area contributed by atoms with Crippen molar-refractivity contribution in [1.82, 2.24) is 0 Å². The molecule has 0 aliphatic heterocycles. The largest absolute Gasteiger partial charge is 0.456 e. The summed E-state index contributed by atoms with van der Waals surface area (Å²) in [6.07, 6.45) is 0. The molecule has 0 saturated heterocycles. The highest BCUT2D eigenvalue weighted by molar-refractivity contribution is 6.13. The molecule has 0 aliphatic rings. The Morgan fingerprint density at radius 1 is 0.491 bits per heavy atom. The SMILES string of the molecule is C=NC(=NC(=NCc1ccc2c(c1)oc1cc(N(c3cccc4ccccc34)c3cccc4ccccc34)ccc12)c1ccccc1)c1ccccc1. The maximum atomic E-state index is 6.64. The molecule has 252 valence electrons. The van der Waals surface area contributed by atoms with E-state index in [4.69, 9.17) is 14.4 Å². The van der Waals surface area contributed by atoms with Crippen LogP contribution in [0, 0.1) is 0 Å². The van der Waals surface area contributed by atoms with E-state index in [0.29, 0.717) is 18.2 Å². The first-order chi connectivity index (χ1) is 26.2. The van der Waals surface area contributed by atoms with Crippen LogP contribution >= 0.6 is 0 Å². The van der Waals surface area contributed by atoms with Crippen LogP contribution in [-0.2, 0) is 6.54 Å². The molecule has 0 bridgehead atoms. The quantitative estimate of drug-likeness (QED) is 0.124. The maximum Gasteiger partial charge on any atom is 0.161 e. The summed E-state index contributed by atoms with van der Waals surface area (Å²) in [5.74, 6) is 1.12. The van der Waals surface area contributed by atoms with Gasteiger partial charge < -0.3 is 9.32 Å². The predicted octanol–water partition coefficient (Wildman–Crippen LogP) is 12.5. The minimum Gasteiger partial charge on any atom is -0.456 e. The molecule has 0 amide bonds. The molecule has 0 aliphatic carbocycles. The van der Waals surface area contributed by atoms with Gasteiger partial charge in [0.05, 0.1) is 17.9 Å². The fourth-order valence-corrected chi connectivity index (χ4v) is 7.09. The first-order valence-electron chi connectivity index (χ1n) is 17.6. The maximum absolute atomic E-state index is 6.64. The molecule has 0 saturated carbocycles. The number of furan rings is 1. The van der Waals surface area contributed by atoms with Gasteiger partial charge in [0.2, 0.25) is 0 Å². The zero-order chi connectivity index (χ0) is 35.6. The zero-order valence-electron chi connectivity index (χ0n) is 28.9. The lowest BCUT2D eigenvalue weighted by Crippen LogP contribution is -2.11. The van der Waals surface area contributed by atoms with Crippen molar-refractivity contribution < 1.29 is 4.42 Å². The molecule has 0 spiro atoms.